The molecule has 1 heterocycles. The molecule has 10 heteroatoms. The predicted molar refractivity (Wildman–Crippen MR) is 93.3 cm³/mol. The zero-order valence-electron chi connectivity index (χ0n) is 14.1. The second-order valence-corrected chi connectivity index (χ2v) is 5.44. The number of ether oxygens (including phenoxy) is 1. The van der Waals surface area contributed by atoms with Crippen molar-refractivity contribution in [3.63, 3.8) is 0 Å². The number of rotatable bonds is 5. The zero-order valence-corrected chi connectivity index (χ0v) is 14.9. The summed E-state index contributed by atoms with van der Waals surface area (Å²) in [5, 5.41) is 14.0. The Kier molecular flexibility index (Phi) is 7.59. The SMILES string of the molecule is COc1cc(C(=O)N(C)CC(=O)N2CCNCC2)ccc1[N+](=O)[O-].Cl. The maximum absolute atomic E-state index is 12.4. The number of halogens is 1. The number of piperazine rings is 1. The molecule has 2 rings (SSSR count). The van der Waals surface area contributed by atoms with Crippen LogP contribution in [0.25, 0.3) is 0 Å². The minimum absolute atomic E-state index is 0. The monoisotopic (exact) mass is 372 g/mol. The van der Waals surface area contributed by atoms with Crippen molar-refractivity contribution in [2.24, 2.45) is 0 Å². The summed E-state index contributed by atoms with van der Waals surface area (Å²) in [5.74, 6) is -0.513. The Balaban J connectivity index is 0.00000312. The summed E-state index contributed by atoms with van der Waals surface area (Å²) >= 11 is 0. The van der Waals surface area contributed by atoms with Gasteiger partial charge in [0.25, 0.3) is 5.91 Å². The Bertz CT molecular complexity index is 649. The van der Waals surface area contributed by atoms with Gasteiger partial charge in [-0.15, -0.1) is 12.4 Å². The summed E-state index contributed by atoms with van der Waals surface area (Å²) in [6, 6.07) is 3.89. The molecule has 9 nitrogen and oxygen atoms in total. The van der Waals surface area contributed by atoms with E-state index in [1.54, 1.807) is 4.90 Å². The molecule has 0 atom stereocenters. The summed E-state index contributed by atoms with van der Waals surface area (Å²) in [7, 11) is 2.82. The van der Waals surface area contributed by atoms with Crippen molar-refractivity contribution in [2.45, 2.75) is 0 Å². The standard InChI is InChI=1S/C15H20N4O5.ClH/c1-17(10-14(20)18-7-5-16-6-8-18)15(21)11-3-4-12(19(22)23)13(9-11)24-2;/h3-4,9,16H,5-8,10H2,1-2H3;1H. The molecule has 0 aromatic heterocycles. The van der Waals surface area contributed by atoms with E-state index >= 15 is 0 Å². The van der Waals surface area contributed by atoms with Crippen molar-refractivity contribution in [3.05, 3.63) is 33.9 Å². The van der Waals surface area contributed by atoms with Crippen LogP contribution in [0.3, 0.4) is 0 Å². The maximum Gasteiger partial charge on any atom is 0.310 e. The number of nitro benzene ring substituents is 1. The lowest BCUT2D eigenvalue weighted by molar-refractivity contribution is -0.385. The third kappa shape index (κ3) is 5.04. The van der Waals surface area contributed by atoms with Gasteiger partial charge in [0.1, 0.15) is 0 Å². The first-order chi connectivity index (χ1) is 11.4. The van der Waals surface area contributed by atoms with Gasteiger partial charge >= 0.3 is 5.69 Å². The van der Waals surface area contributed by atoms with Crippen LogP contribution in [0.15, 0.2) is 18.2 Å². The number of likely N-dealkylation sites (N-methyl/N-ethyl adjacent to an activating group) is 1. The first-order valence-corrected chi connectivity index (χ1v) is 7.50. The Labute approximate surface area is 151 Å². The van der Waals surface area contributed by atoms with E-state index in [1.807, 2.05) is 0 Å². The molecule has 1 aromatic rings. The summed E-state index contributed by atoms with van der Waals surface area (Å²) in [5.41, 5.74) is 0.0154. The highest BCUT2D eigenvalue weighted by Gasteiger charge is 2.23. The largest absolute Gasteiger partial charge is 0.490 e. The molecule has 1 fully saturated rings. The van der Waals surface area contributed by atoms with Crippen LogP contribution in [-0.2, 0) is 4.79 Å². The van der Waals surface area contributed by atoms with Crippen LogP contribution in [-0.4, -0.2) is 73.4 Å². The molecule has 25 heavy (non-hydrogen) atoms. The summed E-state index contributed by atoms with van der Waals surface area (Å²) in [6.07, 6.45) is 0. The normalized spacial score (nSPS) is 13.6. The average molecular weight is 373 g/mol. The number of carbonyl (C=O) groups excluding carboxylic acids is 2. The fraction of sp³-hybridized carbons (Fsp3) is 0.467. The van der Waals surface area contributed by atoms with Gasteiger partial charge in [-0.1, -0.05) is 0 Å². The molecule has 0 radical (unpaired) electrons. The van der Waals surface area contributed by atoms with Crippen molar-refractivity contribution in [3.8, 4) is 5.75 Å². The van der Waals surface area contributed by atoms with Gasteiger partial charge in [-0.3, -0.25) is 19.7 Å². The van der Waals surface area contributed by atoms with Crippen LogP contribution in [0.1, 0.15) is 10.4 Å². The number of hydrogen-bond acceptors (Lipinski definition) is 6. The van der Waals surface area contributed by atoms with E-state index in [9.17, 15) is 19.7 Å². The fourth-order valence-corrected chi connectivity index (χ4v) is 2.47. The lowest BCUT2D eigenvalue weighted by Gasteiger charge is -2.29. The van der Waals surface area contributed by atoms with Gasteiger partial charge in [-0.05, 0) is 6.07 Å². The van der Waals surface area contributed by atoms with E-state index in [1.165, 1.54) is 37.3 Å². The van der Waals surface area contributed by atoms with Crippen molar-refractivity contribution in [2.75, 3.05) is 46.9 Å². The van der Waals surface area contributed by atoms with Crippen molar-refractivity contribution >= 4 is 29.9 Å². The summed E-state index contributed by atoms with van der Waals surface area (Å²) in [4.78, 5) is 37.9. The summed E-state index contributed by atoms with van der Waals surface area (Å²) in [6.45, 7) is 2.67. The molecule has 1 N–H and O–H groups in total. The second-order valence-electron chi connectivity index (χ2n) is 5.44. The molecule has 0 unspecified atom stereocenters. The quantitative estimate of drug-likeness (QED) is 0.597. The molecular formula is C15H21ClN4O5. The Morgan fingerprint density at radius 2 is 2.00 bits per heavy atom. The molecule has 1 aliphatic rings. The molecule has 0 bridgehead atoms. The topological polar surface area (TPSA) is 105 Å². The van der Waals surface area contributed by atoms with Crippen LogP contribution in [0.4, 0.5) is 5.69 Å². The smallest absolute Gasteiger partial charge is 0.310 e. The minimum Gasteiger partial charge on any atom is -0.490 e. The molecule has 0 aliphatic carbocycles. The van der Waals surface area contributed by atoms with Crippen LogP contribution < -0.4 is 10.1 Å². The minimum atomic E-state index is -0.579. The highest BCUT2D eigenvalue weighted by atomic mass is 35.5. The van der Waals surface area contributed by atoms with E-state index in [4.69, 9.17) is 4.74 Å². The Morgan fingerprint density at radius 1 is 1.36 bits per heavy atom. The molecule has 2 amide bonds. The number of nitrogens with zero attached hydrogens (tertiary/aromatic N) is 3. The molecule has 0 spiro atoms. The van der Waals surface area contributed by atoms with Gasteiger partial charge in [0.2, 0.25) is 5.91 Å². The highest BCUT2D eigenvalue weighted by molar-refractivity contribution is 5.97. The fourth-order valence-electron chi connectivity index (χ4n) is 2.47. The van der Waals surface area contributed by atoms with Gasteiger partial charge < -0.3 is 19.9 Å². The lowest BCUT2D eigenvalue weighted by Crippen LogP contribution is -2.49. The number of nitro groups is 1. The molecular weight excluding hydrogens is 352 g/mol. The van der Waals surface area contributed by atoms with Crippen molar-refractivity contribution in [1.29, 1.82) is 0 Å². The lowest BCUT2D eigenvalue weighted by atomic mass is 10.1. The van der Waals surface area contributed by atoms with Gasteiger partial charge in [-0.2, -0.15) is 0 Å². The van der Waals surface area contributed by atoms with Gasteiger partial charge in [-0.25, -0.2) is 0 Å². The third-order valence-corrected chi connectivity index (χ3v) is 3.81. The molecule has 0 saturated carbocycles. The van der Waals surface area contributed by atoms with Crippen molar-refractivity contribution in [1.82, 2.24) is 15.1 Å². The van der Waals surface area contributed by atoms with E-state index in [2.05, 4.69) is 5.32 Å². The highest BCUT2D eigenvalue weighted by Crippen LogP contribution is 2.27. The van der Waals surface area contributed by atoms with Crippen LogP contribution in [0.5, 0.6) is 5.75 Å². The van der Waals surface area contributed by atoms with Gasteiger partial charge in [0, 0.05) is 50.9 Å². The van der Waals surface area contributed by atoms with Gasteiger partial charge in [0.05, 0.1) is 18.6 Å². The molecule has 1 saturated heterocycles. The first-order valence-electron chi connectivity index (χ1n) is 7.50. The maximum atomic E-state index is 12.4. The number of nitrogens with one attached hydrogen (secondary N) is 1. The molecule has 138 valence electrons. The Hall–Kier alpha value is -2.39. The number of carbonyl (C=O) groups is 2. The number of hydrogen-bond donors (Lipinski definition) is 1. The van der Waals surface area contributed by atoms with E-state index in [0.29, 0.717) is 13.1 Å². The van der Waals surface area contributed by atoms with E-state index < -0.39 is 10.8 Å². The zero-order chi connectivity index (χ0) is 17.7. The number of methoxy groups -OCH3 is 1. The van der Waals surface area contributed by atoms with Crippen molar-refractivity contribution < 1.29 is 19.2 Å². The van der Waals surface area contributed by atoms with Gasteiger partial charge in [0.15, 0.2) is 5.75 Å². The molecule has 1 aliphatic heterocycles. The van der Waals surface area contributed by atoms with Crippen LogP contribution in [0, 0.1) is 10.1 Å². The van der Waals surface area contributed by atoms with E-state index in [0.717, 1.165) is 13.1 Å². The third-order valence-electron chi connectivity index (χ3n) is 3.81. The number of benzene rings is 1. The number of amides is 2. The second kappa shape index (κ2) is 9.19. The van der Waals surface area contributed by atoms with Crippen LogP contribution in [0.2, 0.25) is 0 Å². The van der Waals surface area contributed by atoms with Crippen LogP contribution >= 0.6 is 12.4 Å². The van der Waals surface area contributed by atoms with E-state index in [-0.39, 0.29) is 41.9 Å². The average Bonchev–Trinajstić information content (AvgIpc) is 2.60. The summed E-state index contributed by atoms with van der Waals surface area (Å²) < 4.78 is 4.96. The molecule has 1 aromatic carbocycles. The Morgan fingerprint density at radius 3 is 2.56 bits per heavy atom. The first kappa shape index (κ1) is 20.7. The predicted octanol–water partition coefficient (Wildman–Crippen LogP) is 0.529.